The second-order valence-corrected chi connectivity index (χ2v) is 6.57. The molecule has 0 spiro atoms. The molecule has 0 heterocycles. The van der Waals surface area contributed by atoms with Gasteiger partial charge in [0.05, 0.1) is 12.2 Å². The molecule has 5 nitrogen and oxygen atoms in total. The summed E-state index contributed by atoms with van der Waals surface area (Å²) in [6, 6.07) is 13.1. The van der Waals surface area contributed by atoms with Gasteiger partial charge in [0.15, 0.2) is 5.78 Å². The second-order valence-electron chi connectivity index (χ2n) is 5.47. The zero-order valence-corrected chi connectivity index (χ0v) is 14.9. The summed E-state index contributed by atoms with van der Waals surface area (Å²) in [5.74, 6) is 0.762. The minimum Gasteiger partial charge on any atom is -0.427 e. The van der Waals surface area contributed by atoms with E-state index in [1.54, 1.807) is 30.3 Å². The number of hydrogen-bond acceptors (Lipinski definition) is 6. The Hall–Kier alpha value is -2.35. The summed E-state index contributed by atoms with van der Waals surface area (Å²) in [6.07, 6.45) is 1.91. The van der Waals surface area contributed by atoms with Crippen molar-refractivity contribution in [3.8, 4) is 5.75 Å². The molecule has 0 aliphatic carbocycles. The lowest BCUT2D eigenvalue weighted by molar-refractivity contribution is -0.133. The second kappa shape index (κ2) is 9.96. The Kier molecular flexibility index (Phi) is 7.65. The quantitative estimate of drug-likeness (QED) is 0.231. The van der Waals surface area contributed by atoms with Crippen LogP contribution in [0.5, 0.6) is 5.75 Å². The molecule has 0 amide bonds. The molecular formula is C19H19BO5S. The Labute approximate surface area is 156 Å². The van der Waals surface area contributed by atoms with Gasteiger partial charge >= 0.3 is 13.1 Å². The maximum atomic E-state index is 12.1. The van der Waals surface area contributed by atoms with E-state index in [1.807, 2.05) is 12.1 Å². The summed E-state index contributed by atoms with van der Waals surface area (Å²) in [5, 5.41) is 18.1. The van der Waals surface area contributed by atoms with Crippen molar-refractivity contribution in [1.82, 2.24) is 0 Å². The maximum absolute atomic E-state index is 12.1. The Morgan fingerprint density at radius 1 is 1.08 bits per heavy atom. The van der Waals surface area contributed by atoms with Gasteiger partial charge in [-0.25, -0.2) is 0 Å². The summed E-state index contributed by atoms with van der Waals surface area (Å²) >= 11 is 1.35. The molecule has 134 valence electrons. The van der Waals surface area contributed by atoms with E-state index < -0.39 is 7.12 Å². The van der Waals surface area contributed by atoms with Crippen LogP contribution < -0.4 is 10.2 Å². The summed E-state index contributed by atoms with van der Waals surface area (Å²) in [5.41, 5.74) is 1.77. The number of esters is 1. The highest BCUT2D eigenvalue weighted by atomic mass is 32.2. The first-order valence-electron chi connectivity index (χ1n) is 8.00. The van der Waals surface area contributed by atoms with Gasteiger partial charge in [0.25, 0.3) is 0 Å². The van der Waals surface area contributed by atoms with Gasteiger partial charge in [-0.1, -0.05) is 49.1 Å². The first kappa shape index (κ1) is 20.0. The number of ketones is 1. The number of benzene rings is 2. The Bertz CT molecular complexity index is 757. The molecule has 2 N–H and O–H groups in total. The fourth-order valence-electron chi connectivity index (χ4n) is 2.10. The molecule has 0 bridgehead atoms. The lowest BCUT2D eigenvalue weighted by Gasteiger charge is -2.05. The smallest absolute Gasteiger partial charge is 0.427 e. The van der Waals surface area contributed by atoms with Gasteiger partial charge < -0.3 is 14.8 Å². The fraction of sp³-hybridized carbons (Fsp3) is 0.158. The summed E-state index contributed by atoms with van der Waals surface area (Å²) in [6.45, 7) is 3.66. The van der Waals surface area contributed by atoms with E-state index in [0.717, 1.165) is 5.56 Å². The lowest BCUT2D eigenvalue weighted by Crippen LogP contribution is -2.29. The van der Waals surface area contributed by atoms with Gasteiger partial charge in [0.1, 0.15) is 5.75 Å². The van der Waals surface area contributed by atoms with Crippen LogP contribution in [0.15, 0.2) is 55.1 Å². The summed E-state index contributed by atoms with van der Waals surface area (Å²) in [4.78, 5) is 23.8. The standard InChI is InChI=1S/C19H19BO5S/c1-2-14-3-9-17(10-4-14)25-19(22)11-12-26-13-18(21)15-5-7-16(8-6-15)20(23)24/h2-10,23-24H,1,11-13H2. The number of ether oxygens (including phenoxy) is 1. The fourth-order valence-corrected chi connectivity index (χ4v) is 2.91. The molecule has 0 fully saturated rings. The van der Waals surface area contributed by atoms with Crippen LogP contribution in [0.1, 0.15) is 22.3 Å². The van der Waals surface area contributed by atoms with Gasteiger partial charge in [0, 0.05) is 11.3 Å². The van der Waals surface area contributed by atoms with Crippen molar-refractivity contribution in [3.05, 3.63) is 66.2 Å². The van der Waals surface area contributed by atoms with Crippen LogP contribution in [0.2, 0.25) is 0 Å². The number of thioether (sulfide) groups is 1. The van der Waals surface area contributed by atoms with E-state index in [4.69, 9.17) is 14.8 Å². The SMILES string of the molecule is C=Cc1ccc(OC(=O)CCSCC(=O)c2ccc(B(O)O)cc2)cc1. The number of hydrogen-bond donors (Lipinski definition) is 2. The van der Waals surface area contributed by atoms with E-state index in [0.29, 0.717) is 22.5 Å². The monoisotopic (exact) mass is 370 g/mol. The first-order chi connectivity index (χ1) is 12.5. The molecule has 0 aromatic heterocycles. The summed E-state index contributed by atoms with van der Waals surface area (Å²) < 4.78 is 5.22. The average Bonchev–Trinajstić information content (AvgIpc) is 2.65. The largest absolute Gasteiger partial charge is 0.488 e. The Morgan fingerprint density at radius 3 is 2.31 bits per heavy atom. The third-order valence-corrected chi connectivity index (χ3v) is 4.52. The first-order valence-corrected chi connectivity index (χ1v) is 9.15. The molecule has 0 radical (unpaired) electrons. The predicted octanol–water partition coefficient (Wildman–Crippen LogP) is 1.92. The highest BCUT2D eigenvalue weighted by Gasteiger charge is 2.12. The topological polar surface area (TPSA) is 83.8 Å². The van der Waals surface area contributed by atoms with Gasteiger partial charge in [-0.2, -0.15) is 11.8 Å². The Morgan fingerprint density at radius 2 is 1.73 bits per heavy atom. The molecule has 0 saturated carbocycles. The molecule has 2 aromatic carbocycles. The van der Waals surface area contributed by atoms with Crippen molar-refractivity contribution in [3.63, 3.8) is 0 Å². The van der Waals surface area contributed by atoms with Crippen molar-refractivity contribution >= 4 is 42.2 Å². The van der Waals surface area contributed by atoms with Crippen LogP contribution >= 0.6 is 11.8 Å². The van der Waals surface area contributed by atoms with E-state index in [1.165, 1.54) is 23.9 Å². The molecule has 0 saturated heterocycles. The van der Waals surface area contributed by atoms with Crippen molar-refractivity contribution in [2.75, 3.05) is 11.5 Å². The van der Waals surface area contributed by atoms with Crippen molar-refractivity contribution in [2.24, 2.45) is 0 Å². The number of carbonyl (C=O) groups is 2. The molecule has 0 atom stereocenters. The van der Waals surface area contributed by atoms with Gasteiger partial charge in [-0.15, -0.1) is 0 Å². The van der Waals surface area contributed by atoms with Crippen molar-refractivity contribution in [1.29, 1.82) is 0 Å². The van der Waals surface area contributed by atoms with Gasteiger partial charge in [0.2, 0.25) is 0 Å². The van der Waals surface area contributed by atoms with Crippen LogP contribution in [0.4, 0.5) is 0 Å². The van der Waals surface area contributed by atoms with E-state index >= 15 is 0 Å². The van der Waals surface area contributed by atoms with Crippen LogP contribution in [0.3, 0.4) is 0 Å². The van der Waals surface area contributed by atoms with E-state index in [2.05, 4.69) is 6.58 Å². The van der Waals surface area contributed by atoms with Gasteiger partial charge in [-0.3, -0.25) is 9.59 Å². The van der Waals surface area contributed by atoms with E-state index in [9.17, 15) is 9.59 Å². The highest BCUT2D eigenvalue weighted by molar-refractivity contribution is 8.00. The molecule has 0 aliphatic rings. The molecule has 0 aliphatic heterocycles. The number of carbonyl (C=O) groups excluding carboxylic acids is 2. The van der Waals surface area contributed by atoms with Crippen molar-refractivity contribution in [2.45, 2.75) is 6.42 Å². The molecule has 26 heavy (non-hydrogen) atoms. The lowest BCUT2D eigenvalue weighted by atomic mass is 9.80. The van der Waals surface area contributed by atoms with Crippen LogP contribution in [0.25, 0.3) is 6.08 Å². The highest BCUT2D eigenvalue weighted by Crippen LogP contribution is 2.14. The predicted molar refractivity (Wildman–Crippen MR) is 105 cm³/mol. The maximum Gasteiger partial charge on any atom is 0.488 e. The number of rotatable bonds is 9. The minimum atomic E-state index is -1.55. The molecular weight excluding hydrogens is 351 g/mol. The van der Waals surface area contributed by atoms with Crippen LogP contribution in [-0.4, -0.2) is 40.4 Å². The Balaban J connectivity index is 1.70. The molecule has 2 rings (SSSR count). The zero-order chi connectivity index (χ0) is 18.9. The number of Topliss-reactive ketones (excluding diaryl/α,β-unsaturated/α-hetero) is 1. The third-order valence-electron chi connectivity index (χ3n) is 3.56. The van der Waals surface area contributed by atoms with E-state index in [-0.39, 0.29) is 23.9 Å². The molecule has 0 unspecified atom stereocenters. The molecule has 2 aromatic rings. The summed E-state index contributed by atoms with van der Waals surface area (Å²) in [7, 11) is -1.55. The van der Waals surface area contributed by atoms with Crippen LogP contribution in [0, 0.1) is 0 Å². The zero-order valence-electron chi connectivity index (χ0n) is 14.1. The van der Waals surface area contributed by atoms with Crippen LogP contribution in [-0.2, 0) is 4.79 Å². The molecule has 7 heteroatoms. The van der Waals surface area contributed by atoms with Crippen molar-refractivity contribution < 1.29 is 24.4 Å². The third kappa shape index (κ3) is 6.18. The van der Waals surface area contributed by atoms with Gasteiger partial charge in [-0.05, 0) is 23.2 Å². The minimum absolute atomic E-state index is 0.0811. The normalized spacial score (nSPS) is 10.2. The average molecular weight is 370 g/mol.